The number of carbonyl (C=O) groups is 1. The van der Waals surface area contributed by atoms with E-state index in [9.17, 15) is 4.79 Å². The standard InChI is InChI=1S/C6H6N4O/c1-10-3-9-4(2-7)5(10)6(8)11/h3H,1H3,(H2,8,11). The van der Waals surface area contributed by atoms with Crippen LogP contribution in [-0.2, 0) is 7.05 Å². The molecule has 0 aliphatic rings. The number of amides is 1. The number of imidazole rings is 1. The molecule has 2 N–H and O–H groups in total. The van der Waals surface area contributed by atoms with Crippen molar-refractivity contribution >= 4 is 5.91 Å². The molecule has 1 heterocycles. The molecule has 0 aliphatic carbocycles. The first-order valence-electron chi connectivity index (χ1n) is 2.88. The van der Waals surface area contributed by atoms with E-state index < -0.39 is 5.91 Å². The Balaban J connectivity index is 3.32. The van der Waals surface area contributed by atoms with E-state index in [-0.39, 0.29) is 11.4 Å². The summed E-state index contributed by atoms with van der Waals surface area (Å²) in [4.78, 5) is 14.3. The Morgan fingerprint density at radius 2 is 2.55 bits per heavy atom. The molecule has 5 heteroatoms. The predicted molar refractivity (Wildman–Crippen MR) is 36.4 cm³/mol. The van der Waals surface area contributed by atoms with Crippen molar-refractivity contribution in [2.24, 2.45) is 12.8 Å². The Morgan fingerprint density at radius 1 is 1.91 bits per heavy atom. The van der Waals surface area contributed by atoms with Gasteiger partial charge >= 0.3 is 0 Å². The van der Waals surface area contributed by atoms with Crippen LogP contribution in [0.4, 0.5) is 0 Å². The van der Waals surface area contributed by atoms with Crippen LogP contribution in [0, 0.1) is 11.3 Å². The molecule has 5 nitrogen and oxygen atoms in total. The minimum absolute atomic E-state index is 0.0694. The first-order chi connectivity index (χ1) is 5.16. The van der Waals surface area contributed by atoms with Gasteiger partial charge in [-0.15, -0.1) is 0 Å². The quantitative estimate of drug-likeness (QED) is 0.579. The van der Waals surface area contributed by atoms with Crippen molar-refractivity contribution in [3.63, 3.8) is 0 Å². The van der Waals surface area contributed by atoms with Gasteiger partial charge in [0.2, 0.25) is 0 Å². The predicted octanol–water partition coefficient (Wildman–Crippen LogP) is -0.609. The molecule has 0 fully saturated rings. The molecule has 11 heavy (non-hydrogen) atoms. The average molecular weight is 150 g/mol. The van der Waals surface area contributed by atoms with Gasteiger partial charge < -0.3 is 10.3 Å². The number of primary amides is 1. The van der Waals surface area contributed by atoms with Gasteiger partial charge in [-0.1, -0.05) is 0 Å². The van der Waals surface area contributed by atoms with E-state index in [1.807, 2.05) is 0 Å². The van der Waals surface area contributed by atoms with Crippen LogP contribution >= 0.6 is 0 Å². The molecule has 0 bridgehead atoms. The highest BCUT2D eigenvalue weighted by molar-refractivity contribution is 5.93. The summed E-state index contributed by atoms with van der Waals surface area (Å²) in [6, 6.07) is 1.76. The number of nitriles is 1. The molecular weight excluding hydrogens is 144 g/mol. The van der Waals surface area contributed by atoms with Crippen molar-refractivity contribution in [3.05, 3.63) is 17.7 Å². The molecule has 1 aromatic rings. The minimum atomic E-state index is -0.637. The van der Waals surface area contributed by atoms with Gasteiger partial charge in [-0.3, -0.25) is 4.79 Å². The van der Waals surface area contributed by atoms with Crippen LogP contribution in [0.15, 0.2) is 6.33 Å². The number of hydrogen-bond acceptors (Lipinski definition) is 3. The second-order valence-electron chi connectivity index (χ2n) is 2.03. The summed E-state index contributed by atoms with van der Waals surface area (Å²) in [7, 11) is 1.61. The molecule has 1 rings (SSSR count). The van der Waals surface area contributed by atoms with Gasteiger partial charge in [0.1, 0.15) is 11.8 Å². The van der Waals surface area contributed by atoms with Crippen LogP contribution in [0.2, 0.25) is 0 Å². The summed E-state index contributed by atoms with van der Waals surface area (Å²) in [5, 5.41) is 8.45. The van der Waals surface area contributed by atoms with Crippen LogP contribution in [0.25, 0.3) is 0 Å². The van der Waals surface area contributed by atoms with Crippen molar-refractivity contribution in [1.82, 2.24) is 9.55 Å². The number of rotatable bonds is 1. The molecule has 0 saturated heterocycles. The lowest BCUT2D eigenvalue weighted by molar-refractivity contribution is 0.0992. The second-order valence-corrected chi connectivity index (χ2v) is 2.03. The van der Waals surface area contributed by atoms with Gasteiger partial charge in [-0.05, 0) is 0 Å². The summed E-state index contributed by atoms with van der Waals surface area (Å²) in [5.74, 6) is -0.637. The summed E-state index contributed by atoms with van der Waals surface area (Å²) in [6.45, 7) is 0. The van der Waals surface area contributed by atoms with Gasteiger partial charge in [-0.25, -0.2) is 4.98 Å². The van der Waals surface area contributed by atoms with Crippen molar-refractivity contribution in [2.45, 2.75) is 0 Å². The number of aryl methyl sites for hydroxylation is 1. The number of carbonyl (C=O) groups excluding carboxylic acids is 1. The van der Waals surface area contributed by atoms with Gasteiger partial charge in [0.05, 0.1) is 6.33 Å². The highest BCUT2D eigenvalue weighted by Gasteiger charge is 2.12. The number of aromatic nitrogens is 2. The van der Waals surface area contributed by atoms with Crippen LogP contribution in [-0.4, -0.2) is 15.5 Å². The van der Waals surface area contributed by atoms with Crippen molar-refractivity contribution in [1.29, 1.82) is 5.26 Å². The molecule has 0 unspecified atom stereocenters. The summed E-state index contributed by atoms with van der Waals surface area (Å²) in [6.07, 6.45) is 1.37. The fourth-order valence-electron chi connectivity index (χ4n) is 0.803. The first kappa shape index (κ1) is 7.28. The maximum Gasteiger partial charge on any atom is 0.268 e. The van der Waals surface area contributed by atoms with E-state index in [0.717, 1.165) is 0 Å². The van der Waals surface area contributed by atoms with Gasteiger partial charge in [-0.2, -0.15) is 5.26 Å². The zero-order chi connectivity index (χ0) is 8.43. The van der Waals surface area contributed by atoms with E-state index in [0.29, 0.717) is 0 Å². The third kappa shape index (κ3) is 1.05. The summed E-state index contributed by atoms with van der Waals surface area (Å²) < 4.78 is 1.42. The maximum atomic E-state index is 10.7. The van der Waals surface area contributed by atoms with Gasteiger partial charge in [0.15, 0.2) is 5.69 Å². The van der Waals surface area contributed by atoms with Gasteiger partial charge in [0.25, 0.3) is 5.91 Å². The Bertz CT molecular complexity index is 333. The summed E-state index contributed by atoms with van der Waals surface area (Å²) >= 11 is 0. The Hall–Kier alpha value is -1.83. The van der Waals surface area contributed by atoms with E-state index in [1.54, 1.807) is 13.1 Å². The molecule has 1 amide bonds. The Kier molecular flexibility index (Phi) is 1.60. The maximum absolute atomic E-state index is 10.7. The zero-order valence-electron chi connectivity index (χ0n) is 5.90. The van der Waals surface area contributed by atoms with E-state index >= 15 is 0 Å². The van der Waals surface area contributed by atoms with E-state index in [1.165, 1.54) is 10.9 Å². The molecular formula is C6H6N4O. The molecule has 56 valence electrons. The van der Waals surface area contributed by atoms with Crippen LogP contribution in [0.5, 0.6) is 0 Å². The Morgan fingerprint density at radius 3 is 2.91 bits per heavy atom. The normalized spacial score (nSPS) is 9.09. The molecule has 1 aromatic heterocycles. The van der Waals surface area contributed by atoms with Crippen LogP contribution in [0.3, 0.4) is 0 Å². The van der Waals surface area contributed by atoms with Crippen molar-refractivity contribution in [3.8, 4) is 6.07 Å². The van der Waals surface area contributed by atoms with Gasteiger partial charge in [0, 0.05) is 7.05 Å². The molecule has 0 aromatic carbocycles. The van der Waals surface area contributed by atoms with E-state index in [4.69, 9.17) is 11.0 Å². The monoisotopic (exact) mass is 150 g/mol. The average Bonchev–Trinajstić information content (AvgIpc) is 2.30. The van der Waals surface area contributed by atoms with E-state index in [2.05, 4.69) is 4.98 Å². The SMILES string of the molecule is Cn1cnc(C#N)c1C(N)=O. The van der Waals surface area contributed by atoms with Crippen molar-refractivity contribution in [2.75, 3.05) is 0 Å². The molecule has 0 atom stereocenters. The lowest BCUT2D eigenvalue weighted by atomic mass is 10.3. The highest BCUT2D eigenvalue weighted by Crippen LogP contribution is 2.02. The largest absolute Gasteiger partial charge is 0.364 e. The minimum Gasteiger partial charge on any atom is -0.364 e. The number of hydrogen-bond donors (Lipinski definition) is 1. The fraction of sp³-hybridized carbons (Fsp3) is 0.167. The third-order valence-electron chi connectivity index (χ3n) is 1.28. The summed E-state index contributed by atoms with van der Waals surface area (Å²) in [5.41, 5.74) is 5.20. The highest BCUT2D eigenvalue weighted by atomic mass is 16.1. The third-order valence-corrected chi connectivity index (χ3v) is 1.28. The van der Waals surface area contributed by atoms with Crippen LogP contribution < -0.4 is 5.73 Å². The van der Waals surface area contributed by atoms with Crippen LogP contribution in [0.1, 0.15) is 16.2 Å². The molecule has 0 spiro atoms. The van der Waals surface area contributed by atoms with Crippen molar-refractivity contribution < 1.29 is 4.79 Å². The fourth-order valence-corrected chi connectivity index (χ4v) is 0.803. The smallest absolute Gasteiger partial charge is 0.268 e. The second kappa shape index (κ2) is 2.42. The first-order valence-corrected chi connectivity index (χ1v) is 2.88. The lowest BCUT2D eigenvalue weighted by Crippen LogP contribution is -2.16. The zero-order valence-corrected chi connectivity index (χ0v) is 5.90. The molecule has 0 aliphatic heterocycles. The molecule has 0 radical (unpaired) electrons. The lowest BCUT2D eigenvalue weighted by Gasteiger charge is -1.94. The number of nitrogens with zero attached hydrogens (tertiary/aromatic N) is 3. The Labute approximate surface area is 63.1 Å². The topological polar surface area (TPSA) is 84.7 Å². The molecule has 0 saturated carbocycles. The number of nitrogens with two attached hydrogens (primary N) is 1.